The number of nitrogens with zero attached hydrogens (tertiary/aromatic N) is 1. The van der Waals surface area contributed by atoms with E-state index >= 15 is 0 Å². The number of rotatable bonds is 5. The summed E-state index contributed by atoms with van der Waals surface area (Å²) in [4.78, 5) is 5.49. The highest BCUT2D eigenvalue weighted by Crippen LogP contribution is 2.08. The number of hydrogen-bond acceptors (Lipinski definition) is 2. The van der Waals surface area contributed by atoms with Gasteiger partial charge >= 0.3 is 0 Å². The summed E-state index contributed by atoms with van der Waals surface area (Å²) in [6, 6.07) is 10.7. The van der Waals surface area contributed by atoms with E-state index in [0.717, 1.165) is 24.5 Å². The third-order valence-electron chi connectivity index (χ3n) is 2.82. The molecule has 0 aliphatic carbocycles. The lowest BCUT2D eigenvalue weighted by molar-refractivity contribution is 0.624. The van der Waals surface area contributed by atoms with Gasteiger partial charge in [-0.3, -0.25) is 4.99 Å². The number of aliphatic imine (C=N–C) groups is 1. The van der Waals surface area contributed by atoms with E-state index in [0.29, 0.717) is 6.54 Å². The van der Waals surface area contributed by atoms with Crippen molar-refractivity contribution < 1.29 is 4.39 Å². The number of guanidine groups is 1. The Morgan fingerprint density at radius 1 is 1.25 bits per heavy atom. The van der Waals surface area contributed by atoms with Gasteiger partial charge in [0.25, 0.3) is 0 Å². The fourth-order valence-corrected chi connectivity index (χ4v) is 2.52. The normalized spacial score (nSPS) is 11.4. The van der Waals surface area contributed by atoms with Crippen molar-refractivity contribution in [1.82, 2.24) is 10.6 Å². The smallest absolute Gasteiger partial charge is 0.191 e. The van der Waals surface area contributed by atoms with Crippen LogP contribution in [-0.2, 0) is 13.0 Å². The highest BCUT2D eigenvalue weighted by atomic mass is 32.1. The molecule has 0 spiro atoms. The Morgan fingerprint density at radius 3 is 2.85 bits per heavy atom. The van der Waals surface area contributed by atoms with E-state index in [1.807, 2.05) is 6.07 Å². The van der Waals surface area contributed by atoms with Crippen molar-refractivity contribution in [3.8, 4) is 0 Å². The Hall–Kier alpha value is -1.88. The van der Waals surface area contributed by atoms with Crippen LogP contribution >= 0.6 is 11.3 Å². The molecule has 3 nitrogen and oxygen atoms in total. The summed E-state index contributed by atoms with van der Waals surface area (Å²) >= 11 is 1.75. The van der Waals surface area contributed by atoms with E-state index in [4.69, 9.17) is 0 Å². The second-order valence-electron chi connectivity index (χ2n) is 4.31. The SMILES string of the molecule is CN=C(NCCc1cccs1)NCc1cccc(F)c1. The Morgan fingerprint density at radius 2 is 2.15 bits per heavy atom. The average Bonchev–Trinajstić information content (AvgIpc) is 2.96. The third-order valence-corrected chi connectivity index (χ3v) is 3.75. The van der Waals surface area contributed by atoms with Crippen LogP contribution in [0.15, 0.2) is 46.8 Å². The molecule has 0 aliphatic rings. The van der Waals surface area contributed by atoms with Gasteiger partial charge in [-0.2, -0.15) is 0 Å². The second-order valence-corrected chi connectivity index (χ2v) is 5.34. The van der Waals surface area contributed by atoms with E-state index in [-0.39, 0.29) is 5.82 Å². The molecule has 20 heavy (non-hydrogen) atoms. The maximum atomic E-state index is 13.1. The van der Waals surface area contributed by atoms with Crippen LogP contribution in [0.4, 0.5) is 4.39 Å². The molecule has 1 aromatic carbocycles. The van der Waals surface area contributed by atoms with Crippen molar-refractivity contribution in [3.05, 3.63) is 58.0 Å². The molecule has 0 atom stereocenters. The lowest BCUT2D eigenvalue weighted by Gasteiger charge is -2.11. The molecule has 0 saturated heterocycles. The van der Waals surface area contributed by atoms with Crippen LogP contribution in [0.25, 0.3) is 0 Å². The van der Waals surface area contributed by atoms with Crippen molar-refractivity contribution in [2.75, 3.05) is 13.6 Å². The van der Waals surface area contributed by atoms with Gasteiger partial charge < -0.3 is 10.6 Å². The Labute approximate surface area is 122 Å². The van der Waals surface area contributed by atoms with Crippen LogP contribution in [0.3, 0.4) is 0 Å². The second kappa shape index (κ2) is 7.65. The van der Waals surface area contributed by atoms with Crippen LogP contribution in [0.1, 0.15) is 10.4 Å². The van der Waals surface area contributed by atoms with Crippen molar-refractivity contribution in [1.29, 1.82) is 0 Å². The number of thiophene rings is 1. The van der Waals surface area contributed by atoms with Crippen LogP contribution in [0, 0.1) is 5.82 Å². The summed E-state index contributed by atoms with van der Waals surface area (Å²) < 4.78 is 13.1. The number of benzene rings is 1. The standard InChI is InChI=1S/C15H18FN3S/c1-17-15(18-8-7-14-6-3-9-20-14)19-11-12-4-2-5-13(16)10-12/h2-6,9-10H,7-8,11H2,1H3,(H2,17,18,19). The Kier molecular flexibility index (Phi) is 5.55. The van der Waals surface area contributed by atoms with Gasteiger partial charge in [-0.05, 0) is 35.6 Å². The number of hydrogen-bond donors (Lipinski definition) is 2. The minimum absolute atomic E-state index is 0.218. The summed E-state index contributed by atoms with van der Waals surface area (Å²) in [5, 5.41) is 8.49. The first-order valence-corrected chi connectivity index (χ1v) is 7.37. The van der Waals surface area contributed by atoms with Gasteiger partial charge in [0, 0.05) is 25.0 Å². The van der Waals surface area contributed by atoms with E-state index in [9.17, 15) is 4.39 Å². The van der Waals surface area contributed by atoms with Crippen LogP contribution in [0.2, 0.25) is 0 Å². The summed E-state index contributed by atoms with van der Waals surface area (Å²) in [5.41, 5.74) is 0.895. The lowest BCUT2D eigenvalue weighted by atomic mass is 10.2. The molecule has 0 saturated carbocycles. The molecule has 106 valence electrons. The van der Waals surface area contributed by atoms with Gasteiger partial charge in [-0.25, -0.2) is 4.39 Å². The summed E-state index contributed by atoms with van der Waals surface area (Å²) in [6.07, 6.45) is 0.971. The highest BCUT2D eigenvalue weighted by molar-refractivity contribution is 7.09. The molecule has 1 heterocycles. The predicted octanol–water partition coefficient (Wildman–Crippen LogP) is 2.79. The van der Waals surface area contributed by atoms with Gasteiger partial charge in [-0.1, -0.05) is 18.2 Å². The fraction of sp³-hybridized carbons (Fsp3) is 0.267. The van der Waals surface area contributed by atoms with E-state index in [1.165, 1.54) is 17.0 Å². The van der Waals surface area contributed by atoms with Crippen LogP contribution in [0.5, 0.6) is 0 Å². The zero-order valence-corrected chi connectivity index (χ0v) is 12.2. The third kappa shape index (κ3) is 4.66. The molecule has 2 rings (SSSR count). The summed E-state index contributed by atoms with van der Waals surface area (Å²) in [6.45, 7) is 1.37. The fourth-order valence-electron chi connectivity index (χ4n) is 1.81. The quantitative estimate of drug-likeness (QED) is 0.656. The van der Waals surface area contributed by atoms with E-state index in [2.05, 4.69) is 33.1 Å². The predicted molar refractivity (Wildman–Crippen MR) is 82.6 cm³/mol. The molecule has 0 bridgehead atoms. The Bertz CT molecular complexity index is 552. The van der Waals surface area contributed by atoms with Gasteiger partial charge in [0.15, 0.2) is 5.96 Å². The molecule has 2 N–H and O–H groups in total. The molecule has 0 aliphatic heterocycles. The largest absolute Gasteiger partial charge is 0.356 e. The maximum absolute atomic E-state index is 13.1. The van der Waals surface area contributed by atoms with Gasteiger partial charge in [-0.15, -0.1) is 11.3 Å². The minimum atomic E-state index is -0.218. The summed E-state index contributed by atoms with van der Waals surface area (Å²) in [7, 11) is 1.73. The summed E-state index contributed by atoms with van der Waals surface area (Å²) in [5.74, 6) is 0.510. The highest BCUT2D eigenvalue weighted by Gasteiger charge is 2.00. The molecule has 0 amide bonds. The van der Waals surface area contributed by atoms with Crippen molar-refractivity contribution in [2.45, 2.75) is 13.0 Å². The maximum Gasteiger partial charge on any atom is 0.191 e. The average molecular weight is 291 g/mol. The molecule has 1 aromatic heterocycles. The first-order valence-electron chi connectivity index (χ1n) is 6.49. The first-order chi connectivity index (χ1) is 9.78. The zero-order valence-electron chi connectivity index (χ0n) is 11.4. The lowest BCUT2D eigenvalue weighted by Crippen LogP contribution is -2.37. The van der Waals surface area contributed by atoms with Crippen molar-refractivity contribution >= 4 is 17.3 Å². The van der Waals surface area contributed by atoms with Crippen molar-refractivity contribution in [3.63, 3.8) is 0 Å². The van der Waals surface area contributed by atoms with E-state index < -0.39 is 0 Å². The van der Waals surface area contributed by atoms with Gasteiger partial charge in [0.2, 0.25) is 0 Å². The minimum Gasteiger partial charge on any atom is -0.356 e. The molecule has 5 heteroatoms. The topological polar surface area (TPSA) is 36.4 Å². The van der Waals surface area contributed by atoms with Crippen molar-refractivity contribution in [2.24, 2.45) is 4.99 Å². The van der Waals surface area contributed by atoms with Crippen LogP contribution in [-0.4, -0.2) is 19.6 Å². The first kappa shape index (κ1) is 14.5. The van der Waals surface area contributed by atoms with Gasteiger partial charge in [0.05, 0.1) is 0 Å². The zero-order chi connectivity index (χ0) is 14.2. The Balaban J connectivity index is 1.75. The van der Waals surface area contributed by atoms with Crippen LogP contribution < -0.4 is 10.6 Å². The molecule has 0 unspecified atom stereocenters. The monoisotopic (exact) mass is 291 g/mol. The van der Waals surface area contributed by atoms with Gasteiger partial charge in [0.1, 0.15) is 5.82 Å². The molecule has 2 aromatic rings. The number of halogens is 1. The van der Waals surface area contributed by atoms with E-state index in [1.54, 1.807) is 24.5 Å². The molecular formula is C15H18FN3S. The molecule has 0 radical (unpaired) electrons. The molecule has 0 fully saturated rings. The molecular weight excluding hydrogens is 273 g/mol. The number of nitrogens with one attached hydrogen (secondary N) is 2.